The lowest BCUT2D eigenvalue weighted by Crippen LogP contribution is -2.17. The van der Waals surface area contributed by atoms with Crippen LogP contribution in [0.1, 0.15) is 17.3 Å². The summed E-state index contributed by atoms with van der Waals surface area (Å²) >= 11 is 0. The van der Waals surface area contributed by atoms with E-state index in [0.29, 0.717) is 11.0 Å². The molecule has 3 aromatic rings. The third-order valence-corrected chi connectivity index (χ3v) is 2.97. The van der Waals surface area contributed by atoms with Crippen molar-refractivity contribution in [2.45, 2.75) is 6.92 Å². The number of hydrogen-bond donors (Lipinski definition) is 1. The fourth-order valence-electron chi connectivity index (χ4n) is 2.02. The summed E-state index contributed by atoms with van der Waals surface area (Å²) in [6, 6.07) is 8.03. The predicted molar refractivity (Wildman–Crippen MR) is 70.6 cm³/mol. The molecular weight excluding hydrogens is 246 g/mol. The summed E-state index contributed by atoms with van der Waals surface area (Å²) in [5.74, 6) is -0.393. The lowest BCUT2D eigenvalue weighted by atomic mass is 10.1. The second-order valence-electron chi connectivity index (χ2n) is 4.24. The molecule has 5 nitrogen and oxygen atoms in total. The van der Waals surface area contributed by atoms with Gasteiger partial charge in [0.25, 0.3) is 5.56 Å². The summed E-state index contributed by atoms with van der Waals surface area (Å²) in [4.78, 5) is 37.7. The number of ketones is 1. The first kappa shape index (κ1) is 11.4. The standard InChI is InChI=1S/C14H9NO4/c1-7(16)9-6-10-12(17)8-4-2-3-5-11(8)19-14(10)15-13(9)18/h2-6H,1H3,(H,15,18). The van der Waals surface area contributed by atoms with Gasteiger partial charge >= 0.3 is 0 Å². The van der Waals surface area contributed by atoms with Gasteiger partial charge in [-0.2, -0.15) is 0 Å². The van der Waals surface area contributed by atoms with E-state index < -0.39 is 11.3 Å². The minimum atomic E-state index is -0.557. The van der Waals surface area contributed by atoms with Crippen LogP contribution >= 0.6 is 0 Å². The number of pyridine rings is 1. The van der Waals surface area contributed by atoms with Crippen molar-refractivity contribution >= 4 is 27.9 Å². The average molecular weight is 255 g/mol. The van der Waals surface area contributed by atoms with Crippen LogP contribution in [0.15, 0.2) is 44.3 Å². The maximum Gasteiger partial charge on any atom is 0.261 e. The number of rotatable bonds is 1. The van der Waals surface area contributed by atoms with Crippen LogP contribution in [0.3, 0.4) is 0 Å². The Hall–Kier alpha value is -2.69. The molecule has 2 aromatic heterocycles. The summed E-state index contributed by atoms with van der Waals surface area (Å²) in [5.41, 5.74) is -0.394. The number of H-pyrrole nitrogens is 1. The predicted octanol–water partition coefficient (Wildman–Crippen LogP) is 1.84. The first-order valence-electron chi connectivity index (χ1n) is 5.68. The molecule has 0 spiro atoms. The maximum atomic E-state index is 12.3. The minimum absolute atomic E-state index is 0.0462. The van der Waals surface area contributed by atoms with E-state index in [1.54, 1.807) is 24.3 Å². The highest BCUT2D eigenvalue weighted by atomic mass is 16.3. The average Bonchev–Trinajstić information content (AvgIpc) is 2.38. The van der Waals surface area contributed by atoms with Gasteiger partial charge in [0.2, 0.25) is 11.1 Å². The fraction of sp³-hybridized carbons (Fsp3) is 0.0714. The highest BCUT2D eigenvalue weighted by Crippen LogP contribution is 2.16. The highest BCUT2D eigenvalue weighted by molar-refractivity contribution is 5.97. The number of aromatic amines is 1. The van der Waals surface area contributed by atoms with Crippen LogP contribution in [-0.4, -0.2) is 10.8 Å². The molecule has 19 heavy (non-hydrogen) atoms. The normalized spacial score (nSPS) is 11.0. The van der Waals surface area contributed by atoms with Crippen LogP contribution in [0.5, 0.6) is 0 Å². The van der Waals surface area contributed by atoms with Gasteiger partial charge in [-0.05, 0) is 25.1 Å². The Balaban J connectivity index is 2.56. The van der Waals surface area contributed by atoms with E-state index >= 15 is 0 Å². The first-order chi connectivity index (χ1) is 9.08. The lowest BCUT2D eigenvalue weighted by molar-refractivity contribution is 0.101. The van der Waals surface area contributed by atoms with Crippen LogP contribution in [0.25, 0.3) is 22.1 Å². The third kappa shape index (κ3) is 1.67. The van der Waals surface area contributed by atoms with Crippen molar-refractivity contribution in [2.75, 3.05) is 0 Å². The molecule has 0 aliphatic carbocycles. The van der Waals surface area contributed by atoms with E-state index in [9.17, 15) is 14.4 Å². The summed E-state index contributed by atoms with van der Waals surface area (Å²) < 4.78 is 5.48. The second kappa shape index (κ2) is 3.91. The molecule has 0 bridgehead atoms. The van der Waals surface area contributed by atoms with Gasteiger partial charge in [-0.15, -0.1) is 0 Å². The molecule has 0 fully saturated rings. The van der Waals surface area contributed by atoms with Gasteiger partial charge in [0.1, 0.15) is 5.58 Å². The number of nitrogens with one attached hydrogen (secondary N) is 1. The Bertz CT molecular complexity index is 933. The zero-order chi connectivity index (χ0) is 13.6. The van der Waals surface area contributed by atoms with Gasteiger partial charge in [0, 0.05) is 0 Å². The lowest BCUT2D eigenvalue weighted by Gasteiger charge is -2.02. The quantitative estimate of drug-likeness (QED) is 0.531. The van der Waals surface area contributed by atoms with Gasteiger partial charge in [-0.25, -0.2) is 0 Å². The molecule has 0 unspecified atom stereocenters. The number of hydrogen-bond acceptors (Lipinski definition) is 4. The molecule has 0 saturated carbocycles. The fourth-order valence-corrected chi connectivity index (χ4v) is 2.02. The Labute approximate surface area is 106 Å². The van der Waals surface area contributed by atoms with Crippen LogP contribution in [0, 0.1) is 0 Å². The molecule has 1 N–H and O–H groups in total. The van der Waals surface area contributed by atoms with Crippen LogP contribution in [0.4, 0.5) is 0 Å². The van der Waals surface area contributed by atoms with Gasteiger partial charge in [0.15, 0.2) is 5.78 Å². The number of para-hydroxylation sites is 1. The minimum Gasteiger partial charge on any atom is -0.439 e. The molecule has 0 radical (unpaired) electrons. The van der Waals surface area contributed by atoms with Crippen molar-refractivity contribution in [3.63, 3.8) is 0 Å². The number of aromatic nitrogens is 1. The summed E-state index contributed by atoms with van der Waals surface area (Å²) in [7, 11) is 0. The zero-order valence-corrected chi connectivity index (χ0v) is 10.0. The van der Waals surface area contributed by atoms with E-state index in [1.807, 2.05) is 0 Å². The Morgan fingerprint density at radius 2 is 1.89 bits per heavy atom. The van der Waals surface area contributed by atoms with E-state index in [0.717, 1.165) is 0 Å². The number of benzene rings is 1. The molecule has 1 aromatic carbocycles. The smallest absolute Gasteiger partial charge is 0.261 e. The molecule has 0 saturated heterocycles. The van der Waals surface area contributed by atoms with Gasteiger partial charge in [-0.1, -0.05) is 12.1 Å². The summed E-state index contributed by atoms with van der Waals surface area (Å²) in [6.07, 6.45) is 0. The van der Waals surface area contributed by atoms with Gasteiger partial charge < -0.3 is 4.42 Å². The zero-order valence-electron chi connectivity index (χ0n) is 10.0. The van der Waals surface area contributed by atoms with Crippen molar-refractivity contribution in [3.05, 3.63) is 56.5 Å². The highest BCUT2D eigenvalue weighted by Gasteiger charge is 2.12. The Morgan fingerprint density at radius 1 is 1.16 bits per heavy atom. The van der Waals surface area contributed by atoms with Crippen molar-refractivity contribution < 1.29 is 9.21 Å². The molecule has 0 amide bonds. The number of fused-ring (bicyclic) bond motifs is 2. The molecular formula is C14H9NO4. The molecule has 94 valence electrons. The molecule has 0 aliphatic heterocycles. The van der Waals surface area contributed by atoms with Crippen molar-refractivity contribution in [3.8, 4) is 0 Å². The van der Waals surface area contributed by atoms with E-state index in [2.05, 4.69) is 4.98 Å². The van der Waals surface area contributed by atoms with Crippen molar-refractivity contribution in [2.24, 2.45) is 0 Å². The van der Waals surface area contributed by atoms with E-state index in [1.165, 1.54) is 13.0 Å². The maximum absolute atomic E-state index is 12.3. The number of carbonyl (C=O) groups is 1. The SMILES string of the molecule is CC(=O)c1cc2c(=O)c3ccccc3oc2[nH]c1=O. The van der Waals surface area contributed by atoms with E-state index in [-0.39, 0.29) is 22.1 Å². The molecule has 0 atom stereocenters. The molecule has 3 rings (SSSR count). The van der Waals surface area contributed by atoms with Crippen molar-refractivity contribution in [1.29, 1.82) is 0 Å². The summed E-state index contributed by atoms with van der Waals surface area (Å²) in [6.45, 7) is 1.28. The molecule has 0 aliphatic rings. The Kier molecular flexibility index (Phi) is 2.35. The van der Waals surface area contributed by atoms with Crippen LogP contribution < -0.4 is 11.0 Å². The topological polar surface area (TPSA) is 80.1 Å². The second-order valence-corrected chi connectivity index (χ2v) is 4.24. The first-order valence-corrected chi connectivity index (χ1v) is 5.68. The number of Topliss-reactive ketones (excluding diaryl/α,β-unsaturated/α-hetero) is 1. The molecule has 5 heteroatoms. The monoisotopic (exact) mass is 255 g/mol. The summed E-state index contributed by atoms with van der Waals surface area (Å²) in [5, 5.41) is 0.611. The van der Waals surface area contributed by atoms with Crippen LogP contribution in [0.2, 0.25) is 0 Å². The largest absolute Gasteiger partial charge is 0.439 e. The number of carbonyl (C=O) groups excluding carboxylic acids is 1. The Morgan fingerprint density at radius 3 is 2.63 bits per heavy atom. The molecule has 2 heterocycles. The van der Waals surface area contributed by atoms with Gasteiger partial charge in [0.05, 0.1) is 16.3 Å². The van der Waals surface area contributed by atoms with Crippen LogP contribution in [-0.2, 0) is 0 Å². The third-order valence-electron chi connectivity index (χ3n) is 2.97. The van der Waals surface area contributed by atoms with Crippen molar-refractivity contribution in [1.82, 2.24) is 4.98 Å². The van der Waals surface area contributed by atoms with Gasteiger partial charge in [-0.3, -0.25) is 19.4 Å². The van der Waals surface area contributed by atoms with E-state index in [4.69, 9.17) is 4.42 Å².